The molecule has 17 heavy (non-hydrogen) atoms. The Morgan fingerprint density at radius 1 is 1.00 bits per heavy atom. The number of aromatic nitrogens is 2. The standard InChI is InChI=1S/C14H22N2S/c1-13(2,3)11-9-8-15-16(7)10(9)12(17-11)14(4,5)6/h8H,1-7H3. The highest BCUT2D eigenvalue weighted by Gasteiger charge is 2.28. The third kappa shape index (κ3) is 2.01. The minimum atomic E-state index is 0.181. The minimum absolute atomic E-state index is 0.181. The highest BCUT2D eigenvalue weighted by atomic mass is 32.1. The van der Waals surface area contributed by atoms with Crippen LogP contribution in [0.15, 0.2) is 6.20 Å². The lowest BCUT2D eigenvalue weighted by Gasteiger charge is -2.18. The summed E-state index contributed by atoms with van der Waals surface area (Å²) in [5.74, 6) is 0. The Balaban J connectivity index is 2.83. The topological polar surface area (TPSA) is 17.8 Å². The molecular weight excluding hydrogens is 228 g/mol. The van der Waals surface area contributed by atoms with Crippen molar-refractivity contribution in [1.82, 2.24) is 9.78 Å². The molecule has 2 aromatic rings. The Labute approximate surface area is 108 Å². The molecule has 0 spiro atoms. The van der Waals surface area contributed by atoms with Gasteiger partial charge in [0.15, 0.2) is 0 Å². The van der Waals surface area contributed by atoms with Crippen molar-refractivity contribution in [2.75, 3.05) is 0 Å². The van der Waals surface area contributed by atoms with Gasteiger partial charge in [-0.25, -0.2) is 0 Å². The fourth-order valence-corrected chi connectivity index (χ4v) is 3.56. The molecule has 0 aromatic carbocycles. The van der Waals surface area contributed by atoms with Gasteiger partial charge in [-0.2, -0.15) is 5.10 Å². The molecule has 0 aliphatic carbocycles. The Kier molecular flexibility index (Phi) is 2.66. The minimum Gasteiger partial charge on any atom is -0.267 e. The van der Waals surface area contributed by atoms with Gasteiger partial charge in [-0.1, -0.05) is 41.5 Å². The quantitative estimate of drug-likeness (QED) is 0.684. The van der Waals surface area contributed by atoms with E-state index in [9.17, 15) is 0 Å². The van der Waals surface area contributed by atoms with E-state index in [4.69, 9.17) is 0 Å². The molecule has 94 valence electrons. The molecule has 0 unspecified atom stereocenters. The smallest absolute Gasteiger partial charge is 0.0826 e. The average Bonchev–Trinajstić information content (AvgIpc) is 2.63. The Hall–Kier alpha value is -0.830. The number of rotatable bonds is 0. The average molecular weight is 250 g/mol. The van der Waals surface area contributed by atoms with E-state index >= 15 is 0 Å². The van der Waals surface area contributed by atoms with Crippen LogP contribution in [0.5, 0.6) is 0 Å². The molecule has 0 N–H and O–H groups in total. The van der Waals surface area contributed by atoms with Crippen LogP contribution in [0.2, 0.25) is 0 Å². The van der Waals surface area contributed by atoms with Gasteiger partial charge in [-0.3, -0.25) is 4.68 Å². The molecule has 0 radical (unpaired) electrons. The number of hydrogen-bond donors (Lipinski definition) is 0. The second-order valence-electron chi connectivity index (χ2n) is 6.79. The molecule has 0 bridgehead atoms. The summed E-state index contributed by atoms with van der Waals surface area (Å²) in [5, 5.41) is 5.76. The van der Waals surface area contributed by atoms with Gasteiger partial charge in [0, 0.05) is 22.2 Å². The van der Waals surface area contributed by atoms with Crippen LogP contribution in [0.4, 0.5) is 0 Å². The van der Waals surface area contributed by atoms with E-state index in [1.165, 1.54) is 20.7 Å². The molecule has 2 aromatic heterocycles. The van der Waals surface area contributed by atoms with Gasteiger partial charge in [-0.15, -0.1) is 11.3 Å². The van der Waals surface area contributed by atoms with E-state index in [-0.39, 0.29) is 10.8 Å². The van der Waals surface area contributed by atoms with Crippen molar-refractivity contribution in [3.05, 3.63) is 16.0 Å². The van der Waals surface area contributed by atoms with E-state index in [0.717, 1.165) is 0 Å². The van der Waals surface area contributed by atoms with E-state index in [2.05, 4.69) is 46.6 Å². The SMILES string of the molecule is Cn1ncc2c(C(C)(C)C)sc(C(C)(C)C)c21. The van der Waals surface area contributed by atoms with Crippen molar-refractivity contribution in [3.63, 3.8) is 0 Å². The summed E-state index contributed by atoms with van der Waals surface area (Å²) >= 11 is 1.95. The maximum atomic E-state index is 4.43. The molecule has 3 heteroatoms. The van der Waals surface area contributed by atoms with E-state index < -0.39 is 0 Å². The summed E-state index contributed by atoms with van der Waals surface area (Å²) in [7, 11) is 2.04. The molecule has 0 amide bonds. The predicted octanol–water partition coefficient (Wildman–Crippen LogP) is 4.23. The lowest BCUT2D eigenvalue weighted by molar-refractivity contribution is 0.601. The van der Waals surface area contributed by atoms with Gasteiger partial charge in [-0.05, 0) is 10.8 Å². The van der Waals surface area contributed by atoms with Crippen LogP contribution in [-0.2, 0) is 17.9 Å². The fourth-order valence-electron chi connectivity index (χ4n) is 2.14. The van der Waals surface area contributed by atoms with Gasteiger partial charge < -0.3 is 0 Å². The Bertz CT molecular complexity index is 547. The van der Waals surface area contributed by atoms with E-state index in [1.807, 2.05) is 29.3 Å². The molecule has 0 aliphatic rings. The molecule has 0 aliphatic heterocycles. The number of nitrogens with zero attached hydrogens (tertiary/aromatic N) is 2. The number of hydrogen-bond acceptors (Lipinski definition) is 2. The summed E-state index contributed by atoms with van der Waals surface area (Å²) in [6.45, 7) is 13.7. The lowest BCUT2D eigenvalue weighted by atomic mass is 9.90. The van der Waals surface area contributed by atoms with Crippen LogP contribution in [0.3, 0.4) is 0 Å². The van der Waals surface area contributed by atoms with Crippen LogP contribution in [0.25, 0.3) is 10.9 Å². The zero-order valence-electron chi connectivity index (χ0n) is 11.9. The van der Waals surface area contributed by atoms with Crippen LogP contribution in [0, 0.1) is 0 Å². The fraction of sp³-hybridized carbons (Fsp3) is 0.643. The van der Waals surface area contributed by atoms with Crippen molar-refractivity contribution in [2.45, 2.75) is 52.4 Å². The van der Waals surface area contributed by atoms with Crippen molar-refractivity contribution in [3.8, 4) is 0 Å². The second-order valence-corrected chi connectivity index (χ2v) is 7.81. The maximum Gasteiger partial charge on any atom is 0.0826 e. The Morgan fingerprint density at radius 3 is 2.00 bits per heavy atom. The zero-order valence-corrected chi connectivity index (χ0v) is 12.7. The first-order chi connectivity index (χ1) is 7.62. The molecule has 0 saturated heterocycles. The van der Waals surface area contributed by atoms with Crippen molar-refractivity contribution in [2.24, 2.45) is 7.05 Å². The van der Waals surface area contributed by atoms with E-state index in [1.54, 1.807) is 0 Å². The van der Waals surface area contributed by atoms with Crippen molar-refractivity contribution >= 4 is 22.2 Å². The second kappa shape index (κ2) is 3.58. The molecule has 0 saturated carbocycles. The van der Waals surface area contributed by atoms with Gasteiger partial charge >= 0.3 is 0 Å². The summed E-state index contributed by atoms with van der Waals surface area (Å²) in [4.78, 5) is 2.89. The predicted molar refractivity (Wildman–Crippen MR) is 76.0 cm³/mol. The van der Waals surface area contributed by atoms with Gasteiger partial charge in [0.1, 0.15) is 0 Å². The number of aryl methyl sites for hydroxylation is 1. The first kappa shape index (κ1) is 12.6. The van der Waals surface area contributed by atoms with Gasteiger partial charge in [0.25, 0.3) is 0 Å². The van der Waals surface area contributed by atoms with Crippen LogP contribution >= 0.6 is 11.3 Å². The van der Waals surface area contributed by atoms with Gasteiger partial charge in [0.05, 0.1) is 11.7 Å². The molecule has 0 atom stereocenters. The van der Waals surface area contributed by atoms with Crippen LogP contribution < -0.4 is 0 Å². The molecular formula is C14H22N2S. The summed E-state index contributed by atoms with van der Waals surface area (Å²) in [5.41, 5.74) is 1.68. The monoisotopic (exact) mass is 250 g/mol. The van der Waals surface area contributed by atoms with Gasteiger partial charge in [0.2, 0.25) is 0 Å². The van der Waals surface area contributed by atoms with Crippen molar-refractivity contribution in [1.29, 1.82) is 0 Å². The molecule has 2 heterocycles. The summed E-state index contributed by atoms with van der Waals surface area (Å²) < 4.78 is 2.02. The first-order valence-corrected chi connectivity index (χ1v) is 6.89. The Morgan fingerprint density at radius 2 is 1.53 bits per heavy atom. The highest BCUT2D eigenvalue weighted by Crippen LogP contribution is 2.43. The largest absolute Gasteiger partial charge is 0.267 e. The third-order valence-electron chi connectivity index (χ3n) is 2.96. The van der Waals surface area contributed by atoms with E-state index in [0.29, 0.717) is 0 Å². The van der Waals surface area contributed by atoms with Crippen LogP contribution in [0.1, 0.15) is 51.3 Å². The third-order valence-corrected chi connectivity index (χ3v) is 5.01. The molecule has 2 rings (SSSR count). The zero-order chi connectivity index (χ0) is 13.0. The molecule has 0 fully saturated rings. The molecule has 2 nitrogen and oxygen atoms in total. The maximum absolute atomic E-state index is 4.43. The summed E-state index contributed by atoms with van der Waals surface area (Å²) in [6, 6.07) is 0. The highest BCUT2D eigenvalue weighted by molar-refractivity contribution is 7.14. The lowest BCUT2D eigenvalue weighted by Crippen LogP contribution is -2.11. The number of fused-ring (bicyclic) bond motifs is 1. The van der Waals surface area contributed by atoms with Crippen LogP contribution in [-0.4, -0.2) is 9.78 Å². The normalized spacial score (nSPS) is 13.6. The number of thiophene rings is 1. The van der Waals surface area contributed by atoms with Crippen molar-refractivity contribution < 1.29 is 0 Å². The first-order valence-electron chi connectivity index (χ1n) is 6.08. The summed E-state index contributed by atoms with van der Waals surface area (Å²) in [6.07, 6.45) is 2.02.